The van der Waals surface area contributed by atoms with Crippen LogP contribution >= 0.6 is 0 Å². The number of nitrogens with one attached hydrogen (secondary N) is 2. The maximum atomic E-state index is 12.1. The Bertz CT molecular complexity index is 296. The minimum absolute atomic E-state index is 0.00222. The van der Waals surface area contributed by atoms with Crippen molar-refractivity contribution in [3.05, 3.63) is 0 Å². The molecular formula is C15H29N3O. The summed E-state index contributed by atoms with van der Waals surface area (Å²) in [6, 6.07) is 1.95. The van der Waals surface area contributed by atoms with Crippen LogP contribution < -0.4 is 10.6 Å². The van der Waals surface area contributed by atoms with Gasteiger partial charge in [0.05, 0.1) is 6.04 Å². The van der Waals surface area contributed by atoms with Crippen LogP contribution in [0.25, 0.3) is 0 Å². The van der Waals surface area contributed by atoms with Crippen LogP contribution in [-0.4, -0.2) is 48.1 Å². The molecule has 110 valence electrons. The molecule has 2 bridgehead atoms. The Balaban J connectivity index is 2.00. The van der Waals surface area contributed by atoms with Gasteiger partial charge in [-0.1, -0.05) is 6.92 Å². The van der Waals surface area contributed by atoms with Gasteiger partial charge in [0.15, 0.2) is 0 Å². The third-order valence-electron chi connectivity index (χ3n) is 4.63. The number of piperidine rings is 1. The van der Waals surface area contributed by atoms with Crippen LogP contribution in [0, 0.1) is 0 Å². The molecule has 0 saturated carbocycles. The predicted octanol–water partition coefficient (Wildman–Crippen LogP) is 1.51. The fourth-order valence-corrected chi connectivity index (χ4v) is 3.72. The maximum absolute atomic E-state index is 12.1. The van der Waals surface area contributed by atoms with Crippen molar-refractivity contribution in [1.82, 2.24) is 15.5 Å². The summed E-state index contributed by atoms with van der Waals surface area (Å²) in [4.78, 5) is 14.6. The average molecular weight is 267 g/mol. The van der Waals surface area contributed by atoms with Crippen molar-refractivity contribution in [1.29, 1.82) is 0 Å². The van der Waals surface area contributed by atoms with Gasteiger partial charge in [-0.15, -0.1) is 0 Å². The van der Waals surface area contributed by atoms with E-state index in [9.17, 15) is 4.79 Å². The summed E-state index contributed by atoms with van der Waals surface area (Å²) in [7, 11) is 0. The topological polar surface area (TPSA) is 44.4 Å². The first-order valence-electron chi connectivity index (χ1n) is 7.95. The van der Waals surface area contributed by atoms with Gasteiger partial charge >= 0.3 is 0 Å². The molecule has 2 heterocycles. The second-order valence-electron chi connectivity index (χ2n) is 6.07. The largest absolute Gasteiger partial charge is 0.355 e. The number of amides is 1. The highest BCUT2D eigenvalue weighted by molar-refractivity contribution is 5.81. The van der Waals surface area contributed by atoms with Crippen LogP contribution in [0.1, 0.15) is 52.9 Å². The first-order valence-corrected chi connectivity index (χ1v) is 7.95. The summed E-state index contributed by atoms with van der Waals surface area (Å²) >= 11 is 0. The van der Waals surface area contributed by atoms with Crippen molar-refractivity contribution >= 4 is 5.91 Å². The first-order chi connectivity index (χ1) is 9.15. The number of fused-ring (bicyclic) bond motifs is 2. The number of carbonyl (C=O) groups excluding carboxylic acids is 1. The molecular weight excluding hydrogens is 238 g/mol. The third kappa shape index (κ3) is 3.48. The normalized spacial score (nSPS) is 31.5. The highest BCUT2D eigenvalue weighted by Gasteiger charge is 2.38. The van der Waals surface area contributed by atoms with Crippen LogP contribution in [0.4, 0.5) is 0 Å². The number of likely N-dealkylation sites (N-methyl/N-ethyl adjacent to an activating group) is 1. The van der Waals surface area contributed by atoms with Crippen LogP contribution in [0.5, 0.6) is 0 Å². The van der Waals surface area contributed by atoms with E-state index in [0.717, 1.165) is 19.5 Å². The van der Waals surface area contributed by atoms with E-state index < -0.39 is 0 Å². The van der Waals surface area contributed by atoms with Crippen molar-refractivity contribution < 1.29 is 4.79 Å². The zero-order valence-electron chi connectivity index (χ0n) is 12.6. The van der Waals surface area contributed by atoms with E-state index in [0.29, 0.717) is 18.1 Å². The monoisotopic (exact) mass is 267 g/mol. The molecule has 0 aromatic heterocycles. The van der Waals surface area contributed by atoms with E-state index in [2.05, 4.69) is 29.4 Å². The van der Waals surface area contributed by atoms with Crippen molar-refractivity contribution in [2.75, 3.05) is 13.1 Å². The van der Waals surface area contributed by atoms with Crippen molar-refractivity contribution in [3.8, 4) is 0 Å². The Labute approximate surface area is 117 Å². The Morgan fingerprint density at radius 1 is 1.32 bits per heavy atom. The lowest BCUT2D eigenvalue weighted by atomic mass is 9.96. The molecule has 0 radical (unpaired) electrons. The van der Waals surface area contributed by atoms with Crippen LogP contribution in [0.2, 0.25) is 0 Å². The van der Waals surface area contributed by atoms with E-state index >= 15 is 0 Å². The molecule has 2 aliphatic rings. The van der Waals surface area contributed by atoms with Crippen LogP contribution in [0.3, 0.4) is 0 Å². The zero-order valence-corrected chi connectivity index (χ0v) is 12.6. The third-order valence-corrected chi connectivity index (χ3v) is 4.63. The van der Waals surface area contributed by atoms with Gasteiger partial charge in [-0.25, -0.2) is 0 Å². The minimum Gasteiger partial charge on any atom is -0.355 e. The quantitative estimate of drug-likeness (QED) is 0.766. The Morgan fingerprint density at radius 3 is 2.47 bits per heavy atom. The highest BCUT2D eigenvalue weighted by atomic mass is 16.2. The van der Waals surface area contributed by atoms with E-state index in [-0.39, 0.29) is 11.9 Å². The smallest absolute Gasteiger partial charge is 0.237 e. The zero-order chi connectivity index (χ0) is 13.8. The van der Waals surface area contributed by atoms with Gasteiger partial charge in [-0.3, -0.25) is 9.69 Å². The van der Waals surface area contributed by atoms with Crippen LogP contribution in [0.15, 0.2) is 0 Å². The summed E-state index contributed by atoms with van der Waals surface area (Å²) in [5.41, 5.74) is 0. The molecule has 0 spiro atoms. The lowest BCUT2D eigenvalue weighted by Crippen LogP contribution is -2.54. The fraction of sp³-hybridized carbons (Fsp3) is 0.933. The fourth-order valence-electron chi connectivity index (χ4n) is 3.72. The summed E-state index contributed by atoms with van der Waals surface area (Å²) in [5, 5.41) is 6.65. The molecule has 2 N–H and O–H groups in total. The second-order valence-corrected chi connectivity index (χ2v) is 6.07. The van der Waals surface area contributed by atoms with E-state index in [1.807, 2.05) is 6.92 Å². The van der Waals surface area contributed by atoms with Crippen LogP contribution in [-0.2, 0) is 4.79 Å². The van der Waals surface area contributed by atoms with Gasteiger partial charge in [0.25, 0.3) is 0 Å². The summed E-state index contributed by atoms with van der Waals surface area (Å²) in [5.74, 6) is 0.182. The van der Waals surface area contributed by atoms with Gasteiger partial charge in [0, 0.05) is 24.7 Å². The van der Waals surface area contributed by atoms with Gasteiger partial charge in [0.2, 0.25) is 5.91 Å². The molecule has 3 unspecified atom stereocenters. The lowest BCUT2D eigenvalue weighted by molar-refractivity contribution is -0.127. The Kier molecular flexibility index (Phi) is 5.22. The molecule has 0 aliphatic carbocycles. The molecule has 0 aromatic rings. The Hall–Kier alpha value is -0.610. The predicted molar refractivity (Wildman–Crippen MR) is 78.1 cm³/mol. The molecule has 2 fully saturated rings. The van der Waals surface area contributed by atoms with E-state index in [1.54, 1.807) is 0 Å². The standard InChI is InChI=1S/C15H29N3O/c1-4-8-18(11(3)15(19)16-5-2)14-9-12-6-7-13(10-14)17-12/h11-14,17H,4-10H2,1-3H3,(H,16,19). The van der Waals surface area contributed by atoms with Crippen molar-refractivity contribution in [2.45, 2.75) is 77.0 Å². The maximum Gasteiger partial charge on any atom is 0.237 e. The molecule has 2 saturated heterocycles. The van der Waals surface area contributed by atoms with Gasteiger partial charge in [-0.05, 0) is 52.5 Å². The van der Waals surface area contributed by atoms with E-state index in [1.165, 1.54) is 25.7 Å². The molecule has 3 atom stereocenters. The summed E-state index contributed by atoms with van der Waals surface area (Å²) in [6.07, 6.45) is 6.16. The van der Waals surface area contributed by atoms with Gasteiger partial charge in [0.1, 0.15) is 0 Å². The molecule has 4 nitrogen and oxygen atoms in total. The molecule has 1 amide bonds. The van der Waals surface area contributed by atoms with Gasteiger partial charge < -0.3 is 10.6 Å². The number of rotatable bonds is 6. The molecule has 2 rings (SSSR count). The van der Waals surface area contributed by atoms with E-state index in [4.69, 9.17) is 0 Å². The molecule has 19 heavy (non-hydrogen) atoms. The molecule has 4 heteroatoms. The van der Waals surface area contributed by atoms with Gasteiger partial charge in [-0.2, -0.15) is 0 Å². The van der Waals surface area contributed by atoms with Crippen molar-refractivity contribution in [2.24, 2.45) is 0 Å². The van der Waals surface area contributed by atoms with Crippen molar-refractivity contribution in [3.63, 3.8) is 0 Å². The minimum atomic E-state index is 0.00222. The highest BCUT2D eigenvalue weighted by Crippen LogP contribution is 2.30. The summed E-state index contributed by atoms with van der Waals surface area (Å²) < 4.78 is 0. The first kappa shape index (κ1) is 14.8. The number of nitrogens with zero attached hydrogens (tertiary/aromatic N) is 1. The second kappa shape index (κ2) is 6.71. The molecule has 2 aliphatic heterocycles. The SMILES string of the molecule is CCCN(C1CC2CCC(C1)N2)C(C)C(=O)NCC. The molecule has 0 aromatic carbocycles. The number of hydrogen-bond acceptors (Lipinski definition) is 3. The number of carbonyl (C=O) groups is 1. The average Bonchev–Trinajstić information content (AvgIpc) is 2.74. The lowest BCUT2D eigenvalue weighted by Gasteiger charge is -2.40. The number of hydrogen-bond donors (Lipinski definition) is 2. The Morgan fingerprint density at radius 2 is 1.95 bits per heavy atom. The summed E-state index contributed by atoms with van der Waals surface area (Å²) in [6.45, 7) is 8.00.